The molecule has 2 aromatic carbocycles. The standard InChI is InChI=1S/C22H24N2O5/c1-14(2)29-18-11-9-16(10-12-18)13-19(21(26)23-15(3)22(27)28)24-20(25)17-7-5-4-6-8-17/h4-15H,1-3H3,(H,23,26)(H,24,25)(H,27,28)/p-1/b19-13+/t15-/m0/s1. The van der Waals surface area contributed by atoms with Crippen LogP contribution < -0.4 is 20.5 Å². The highest BCUT2D eigenvalue weighted by Gasteiger charge is 2.17. The molecule has 29 heavy (non-hydrogen) atoms. The first-order chi connectivity index (χ1) is 13.8. The molecule has 0 aliphatic heterocycles. The average Bonchev–Trinajstić information content (AvgIpc) is 2.68. The first kappa shape index (κ1) is 21.7. The number of benzene rings is 2. The van der Waals surface area contributed by atoms with Gasteiger partial charge in [0.05, 0.1) is 18.1 Å². The van der Waals surface area contributed by atoms with Crippen LogP contribution in [-0.4, -0.2) is 29.9 Å². The molecule has 2 amide bonds. The van der Waals surface area contributed by atoms with Gasteiger partial charge in [-0.3, -0.25) is 9.59 Å². The molecule has 0 bridgehead atoms. The highest BCUT2D eigenvalue weighted by atomic mass is 16.5. The van der Waals surface area contributed by atoms with E-state index >= 15 is 0 Å². The van der Waals surface area contributed by atoms with Crippen LogP contribution in [0.5, 0.6) is 5.75 Å². The Bertz CT molecular complexity index is 889. The number of aliphatic carboxylic acids is 1. The fourth-order valence-corrected chi connectivity index (χ4v) is 2.36. The number of amides is 2. The van der Waals surface area contributed by atoms with Crippen LogP contribution in [0.15, 0.2) is 60.3 Å². The lowest BCUT2D eigenvalue weighted by Gasteiger charge is -2.17. The number of rotatable bonds is 8. The van der Waals surface area contributed by atoms with E-state index in [1.54, 1.807) is 54.6 Å². The van der Waals surface area contributed by atoms with Gasteiger partial charge in [-0.15, -0.1) is 0 Å². The lowest BCUT2D eigenvalue weighted by atomic mass is 10.1. The Balaban J connectivity index is 2.27. The minimum Gasteiger partial charge on any atom is -0.548 e. The van der Waals surface area contributed by atoms with Gasteiger partial charge in [-0.25, -0.2) is 0 Å². The average molecular weight is 395 g/mol. The van der Waals surface area contributed by atoms with E-state index in [0.717, 1.165) is 0 Å². The van der Waals surface area contributed by atoms with Crippen molar-refractivity contribution in [2.75, 3.05) is 0 Å². The molecule has 7 heteroatoms. The molecule has 2 N–H and O–H groups in total. The van der Waals surface area contributed by atoms with E-state index in [9.17, 15) is 19.5 Å². The van der Waals surface area contributed by atoms with Gasteiger partial charge < -0.3 is 25.3 Å². The molecular formula is C22H23N2O5-. The van der Waals surface area contributed by atoms with Crippen LogP contribution in [0.1, 0.15) is 36.7 Å². The Morgan fingerprint density at radius 1 is 0.966 bits per heavy atom. The number of carboxylic acid groups (broad SMARTS) is 1. The van der Waals surface area contributed by atoms with Crippen molar-refractivity contribution in [2.45, 2.75) is 32.9 Å². The summed E-state index contributed by atoms with van der Waals surface area (Å²) in [6.45, 7) is 5.10. The van der Waals surface area contributed by atoms with Crippen molar-refractivity contribution >= 4 is 23.9 Å². The molecule has 0 fully saturated rings. The molecule has 0 heterocycles. The van der Waals surface area contributed by atoms with Crippen molar-refractivity contribution in [2.24, 2.45) is 0 Å². The van der Waals surface area contributed by atoms with Gasteiger partial charge in [-0.1, -0.05) is 30.3 Å². The second kappa shape index (κ2) is 10.1. The van der Waals surface area contributed by atoms with Gasteiger partial charge in [-0.2, -0.15) is 0 Å². The molecule has 0 saturated carbocycles. The van der Waals surface area contributed by atoms with Gasteiger partial charge in [-0.05, 0) is 56.7 Å². The van der Waals surface area contributed by atoms with Crippen molar-refractivity contribution in [3.8, 4) is 5.75 Å². The number of carboxylic acids is 1. The number of carbonyl (C=O) groups excluding carboxylic acids is 3. The molecule has 2 aromatic rings. The lowest BCUT2D eigenvalue weighted by Crippen LogP contribution is -2.48. The summed E-state index contributed by atoms with van der Waals surface area (Å²) in [5.41, 5.74) is 0.894. The van der Waals surface area contributed by atoms with Crippen LogP contribution in [0.3, 0.4) is 0 Å². The molecule has 1 atom stereocenters. The van der Waals surface area contributed by atoms with E-state index in [1.807, 2.05) is 13.8 Å². The lowest BCUT2D eigenvalue weighted by molar-refractivity contribution is -0.307. The first-order valence-electron chi connectivity index (χ1n) is 9.13. The molecule has 0 aliphatic rings. The summed E-state index contributed by atoms with van der Waals surface area (Å²) in [7, 11) is 0. The first-order valence-corrected chi connectivity index (χ1v) is 9.13. The molecule has 0 aliphatic carbocycles. The minimum absolute atomic E-state index is 0.0222. The topological polar surface area (TPSA) is 108 Å². The third-order valence-corrected chi connectivity index (χ3v) is 3.79. The van der Waals surface area contributed by atoms with E-state index in [1.165, 1.54) is 13.0 Å². The molecular weight excluding hydrogens is 372 g/mol. The fraction of sp³-hybridized carbons (Fsp3) is 0.227. The van der Waals surface area contributed by atoms with Gasteiger partial charge in [0.2, 0.25) is 0 Å². The van der Waals surface area contributed by atoms with Crippen LogP contribution in [0.2, 0.25) is 0 Å². The third kappa shape index (κ3) is 6.80. The SMILES string of the molecule is CC(C)Oc1ccc(/C=C(/NC(=O)c2ccccc2)C(=O)N[C@@H](C)C(=O)[O-])cc1. The highest BCUT2D eigenvalue weighted by Crippen LogP contribution is 2.16. The maximum absolute atomic E-state index is 12.5. The van der Waals surface area contributed by atoms with Gasteiger partial charge >= 0.3 is 0 Å². The summed E-state index contributed by atoms with van der Waals surface area (Å²) >= 11 is 0. The second-order valence-corrected chi connectivity index (χ2v) is 6.63. The Hall–Kier alpha value is -3.61. The number of hydrogen-bond acceptors (Lipinski definition) is 5. The summed E-state index contributed by atoms with van der Waals surface area (Å²) in [4.78, 5) is 35.9. The van der Waals surface area contributed by atoms with E-state index in [0.29, 0.717) is 16.9 Å². The summed E-state index contributed by atoms with van der Waals surface area (Å²) in [6.07, 6.45) is 1.48. The number of hydrogen-bond donors (Lipinski definition) is 2. The molecule has 0 saturated heterocycles. The Morgan fingerprint density at radius 2 is 1.59 bits per heavy atom. The third-order valence-electron chi connectivity index (χ3n) is 3.79. The number of ether oxygens (including phenoxy) is 1. The van der Waals surface area contributed by atoms with Gasteiger partial charge in [0.1, 0.15) is 11.4 Å². The van der Waals surface area contributed by atoms with Crippen LogP contribution in [-0.2, 0) is 9.59 Å². The van der Waals surface area contributed by atoms with Crippen molar-refractivity contribution in [3.05, 3.63) is 71.4 Å². The zero-order valence-electron chi connectivity index (χ0n) is 16.5. The Labute approximate surface area is 169 Å². The van der Waals surface area contributed by atoms with E-state index in [-0.39, 0.29) is 11.8 Å². The predicted molar refractivity (Wildman–Crippen MR) is 107 cm³/mol. The summed E-state index contributed by atoms with van der Waals surface area (Å²) in [5, 5.41) is 15.8. The number of carbonyl (C=O) groups is 3. The van der Waals surface area contributed by atoms with Gasteiger partial charge in [0.25, 0.3) is 11.8 Å². The van der Waals surface area contributed by atoms with Crippen LogP contribution in [0, 0.1) is 0 Å². The quantitative estimate of drug-likeness (QED) is 0.659. The van der Waals surface area contributed by atoms with Crippen molar-refractivity contribution in [1.82, 2.24) is 10.6 Å². The largest absolute Gasteiger partial charge is 0.548 e. The Kier molecular flexibility index (Phi) is 7.54. The fourth-order valence-electron chi connectivity index (χ4n) is 2.36. The van der Waals surface area contributed by atoms with Crippen molar-refractivity contribution in [1.29, 1.82) is 0 Å². The minimum atomic E-state index is -1.43. The number of nitrogens with one attached hydrogen (secondary N) is 2. The van der Waals surface area contributed by atoms with Crippen molar-refractivity contribution in [3.63, 3.8) is 0 Å². The molecule has 7 nitrogen and oxygen atoms in total. The maximum atomic E-state index is 12.5. The second-order valence-electron chi connectivity index (χ2n) is 6.63. The smallest absolute Gasteiger partial charge is 0.268 e. The molecule has 2 rings (SSSR count). The zero-order valence-corrected chi connectivity index (χ0v) is 16.5. The predicted octanol–water partition coefficient (Wildman–Crippen LogP) is 1.50. The van der Waals surface area contributed by atoms with Crippen LogP contribution in [0.4, 0.5) is 0 Å². The molecule has 0 unspecified atom stereocenters. The van der Waals surface area contributed by atoms with Crippen molar-refractivity contribution < 1.29 is 24.2 Å². The highest BCUT2D eigenvalue weighted by molar-refractivity contribution is 6.06. The van der Waals surface area contributed by atoms with Gasteiger partial charge in [0.15, 0.2) is 0 Å². The molecule has 0 aromatic heterocycles. The molecule has 152 valence electrons. The molecule has 0 radical (unpaired) electrons. The summed E-state index contributed by atoms with van der Waals surface area (Å²) < 4.78 is 5.58. The van der Waals surface area contributed by atoms with Gasteiger partial charge in [0, 0.05) is 5.56 Å². The maximum Gasteiger partial charge on any atom is 0.268 e. The Morgan fingerprint density at radius 3 is 2.14 bits per heavy atom. The van der Waals surface area contributed by atoms with Crippen LogP contribution >= 0.6 is 0 Å². The van der Waals surface area contributed by atoms with Crippen LogP contribution in [0.25, 0.3) is 6.08 Å². The van der Waals surface area contributed by atoms with E-state index < -0.39 is 23.8 Å². The van der Waals surface area contributed by atoms with E-state index in [4.69, 9.17) is 4.74 Å². The normalized spacial score (nSPS) is 12.2. The monoisotopic (exact) mass is 395 g/mol. The summed E-state index contributed by atoms with van der Waals surface area (Å²) in [6, 6.07) is 14.1. The van der Waals surface area contributed by atoms with E-state index in [2.05, 4.69) is 10.6 Å². The summed E-state index contributed by atoms with van der Waals surface area (Å²) in [5.74, 6) is -1.99. The zero-order chi connectivity index (χ0) is 21.4. The molecule has 0 spiro atoms.